The van der Waals surface area contributed by atoms with E-state index in [0.29, 0.717) is 10.8 Å². The summed E-state index contributed by atoms with van der Waals surface area (Å²) in [5.74, 6) is -0.416. The number of rotatable bonds is 4. The van der Waals surface area contributed by atoms with Crippen LogP contribution in [0, 0.1) is 6.92 Å². The van der Waals surface area contributed by atoms with Crippen molar-refractivity contribution in [1.82, 2.24) is 9.97 Å². The van der Waals surface area contributed by atoms with Gasteiger partial charge >= 0.3 is 0 Å². The lowest BCUT2D eigenvalue weighted by atomic mass is 10.1. The number of thioether (sulfide) groups is 1. The largest absolute Gasteiger partial charge is 0.274 e. The Hall–Kier alpha value is -2.99. The summed E-state index contributed by atoms with van der Waals surface area (Å²) in [6, 6.07) is 19.2. The van der Waals surface area contributed by atoms with Crippen LogP contribution in [0.25, 0.3) is 11.1 Å². The molecule has 5 nitrogen and oxygen atoms in total. The number of amides is 2. The molecule has 0 N–H and O–H groups in total. The summed E-state index contributed by atoms with van der Waals surface area (Å²) in [5.41, 5.74) is 3.56. The molecular weight excluding hydrogens is 358 g/mol. The molecule has 1 aromatic heterocycles. The second kappa shape index (κ2) is 7.32. The van der Waals surface area contributed by atoms with Gasteiger partial charge < -0.3 is 0 Å². The van der Waals surface area contributed by atoms with Crippen LogP contribution in [-0.2, 0) is 9.59 Å². The van der Waals surface area contributed by atoms with E-state index in [2.05, 4.69) is 9.97 Å². The Bertz CT molecular complexity index is 990. The van der Waals surface area contributed by atoms with Gasteiger partial charge in [-0.05, 0) is 36.2 Å². The van der Waals surface area contributed by atoms with E-state index in [9.17, 15) is 9.59 Å². The maximum absolute atomic E-state index is 12.8. The fraction of sp³-hybridized carbons (Fsp3) is 0.143. The van der Waals surface area contributed by atoms with Gasteiger partial charge in [0.1, 0.15) is 5.25 Å². The van der Waals surface area contributed by atoms with Crippen molar-refractivity contribution in [2.24, 2.45) is 0 Å². The quantitative estimate of drug-likeness (QED) is 0.512. The van der Waals surface area contributed by atoms with Crippen LogP contribution in [-0.4, -0.2) is 27.0 Å². The number of benzene rings is 2. The van der Waals surface area contributed by atoms with Crippen molar-refractivity contribution in [3.8, 4) is 11.1 Å². The van der Waals surface area contributed by atoms with E-state index in [4.69, 9.17) is 0 Å². The first-order valence-corrected chi connectivity index (χ1v) is 9.48. The van der Waals surface area contributed by atoms with Crippen LogP contribution in [0.15, 0.2) is 72.0 Å². The predicted octanol–water partition coefficient (Wildman–Crippen LogP) is 3.88. The summed E-state index contributed by atoms with van der Waals surface area (Å²) in [5, 5.41) is 0.0236. The van der Waals surface area contributed by atoms with E-state index in [1.165, 1.54) is 16.7 Å². The summed E-state index contributed by atoms with van der Waals surface area (Å²) >= 11 is 1.24. The third-order valence-electron chi connectivity index (χ3n) is 4.36. The van der Waals surface area contributed by atoms with Gasteiger partial charge in [-0.2, -0.15) is 0 Å². The fourth-order valence-corrected chi connectivity index (χ4v) is 4.02. The molecule has 0 unspecified atom stereocenters. The second-order valence-corrected chi connectivity index (χ2v) is 7.44. The van der Waals surface area contributed by atoms with Crippen LogP contribution in [0.1, 0.15) is 12.1 Å². The smallest absolute Gasteiger partial charge is 0.247 e. The molecule has 3 aromatic rings. The minimum atomic E-state index is -0.493. The van der Waals surface area contributed by atoms with Gasteiger partial charge in [0.2, 0.25) is 11.8 Å². The standard InChI is InChI=1S/C21H17N3O2S/c1-14-11-12-22-21(23-14)27-18-13-19(25)24(20(18)26)17-9-7-16(8-10-17)15-5-3-2-4-6-15/h2-12,18H,13H2,1H3/t18-/m1/s1. The molecule has 134 valence electrons. The Morgan fingerprint density at radius 2 is 1.67 bits per heavy atom. The molecule has 1 aliphatic heterocycles. The average Bonchev–Trinajstić information content (AvgIpc) is 2.96. The average molecular weight is 375 g/mol. The van der Waals surface area contributed by atoms with Gasteiger partial charge in [0.05, 0.1) is 5.69 Å². The van der Waals surface area contributed by atoms with Crippen LogP contribution >= 0.6 is 11.8 Å². The molecule has 6 heteroatoms. The summed E-state index contributed by atoms with van der Waals surface area (Å²) in [6.07, 6.45) is 1.81. The van der Waals surface area contributed by atoms with Gasteiger partial charge in [0.15, 0.2) is 5.16 Å². The molecule has 1 saturated heterocycles. The minimum Gasteiger partial charge on any atom is -0.274 e. The Kier molecular flexibility index (Phi) is 4.73. The molecule has 2 heterocycles. The first-order valence-electron chi connectivity index (χ1n) is 8.60. The van der Waals surface area contributed by atoms with Gasteiger partial charge in [-0.1, -0.05) is 54.2 Å². The maximum Gasteiger partial charge on any atom is 0.247 e. The van der Waals surface area contributed by atoms with Crippen molar-refractivity contribution in [3.63, 3.8) is 0 Å². The number of hydrogen-bond acceptors (Lipinski definition) is 5. The third-order valence-corrected chi connectivity index (χ3v) is 5.42. The molecule has 2 aromatic carbocycles. The second-order valence-electron chi connectivity index (χ2n) is 6.27. The number of aromatic nitrogens is 2. The lowest BCUT2D eigenvalue weighted by molar-refractivity contribution is -0.121. The van der Waals surface area contributed by atoms with Crippen LogP contribution in [0.4, 0.5) is 5.69 Å². The molecule has 0 aliphatic carbocycles. The van der Waals surface area contributed by atoms with Gasteiger partial charge in [-0.3, -0.25) is 9.59 Å². The lowest BCUT2D eigenvalue weighted by Gasteiger charge is -2.15. The molecule has 4 rings (SSSR count). The summed E-state index contributed by atoms with van der Waals surface area (Å²) in [7, 11) is 0. The Labute approximate surface area is 161 Å². The van der Waals surface area contributed by atoms with Crippen molar-refractivity contribution in [1.29, 1.82) is 0 Å². The van der Waals surface area contributed by atoms with E-state index in [-0.39, 0.29) is 18.2 Å². The van der Waals surface area contributed by atoms with Crippen LogP contribution < -0.4 is 4.90 Å². The van der Waals surface area contributed by atoms with Crippen molar-refractivity contribution in [3.05, 3.63) is 72.6 Å². The fourth-order valence-electron chi connectivity index (χ4n) is 3.01. The highest BCUT2D eigenvalue weighted by Crippen LogP contribution is 2.33. The number of hydrogen-bond donors (Lipinski definition) is 0. The Morgan fingerprint density at radius 1 is 0.963 bits per heavy atom. The highest BCUT2D eigenvalue weighted by atomic mass is 32.2. The number of nitrogens with zero attached hydrogens (tertiary/aromatic N) is 3. The Balaban J connectivity index is 1.53. The molecule has 27 heavy (non-hydrogen) atoms. The van der Waals surface area contributed by atoms with E-state index in [1.807, 2.05) is 61.5 Å². The molecule has 1 atom stereocenters. The van der Waals surface area contributed by atoms with Gasteiger partial charge in [-0.25, -0.2) is 14.9 Å². The molecular formula is C21H17N3O2S. The highest BCUT2D eigenvalue weighted by Gasteiger charge is 2.40. The number of carbonyl (C=O) groups is 2. The van der Waals surface area contributed by atoms with Crippen LogP contribution in [0.3, 0.4) is 0 Å². The van der Waals surface area contributed by atoms with Gasteiger partial charge in [0.25, 0.3) is 0 Å². The van der Waals surface area contributed by atoms with Crippen LogP contribution in [0.2, 0.25) is 0 Å². The monoisotopic (exact) mass is 375 g/mol. The first-order chi connectivity index (χ1) is 13.1. The van der Waals surface area contributed by atoms with Crippen LogP contribution in [0.5, 0.6) is 0 Å². The number of aryl methyl sites for hydroxylation is 1. The minimum absolute atomic E-state index is 0.154. The third kappa shape index (κ3) is 3.61. The molecule has 0 saturated carbocycles. The Morgan fingerprint density at radius 3 is 2.37 bits per heavy atom. The normalized spacial score (nSPS) is 16.8. The van der Waals surface area contributed by atoms with E-state index < -0.39 is 5.25 Å². The van der Waals surface area contributed by atoms with E-state index in [0.717, 1.165) is 16.8 Å². The number of anilines is 1. The topological polar surface area (TPSA) is 63.2 Å². The number of carbonyl (C=O) groups excluding carboxylic acids is 2. The summed E-state index contributed by atoms with van der Waals surface area (Å²) in [6.45, 7) is 1.87. The molecule has 0 radical (unpaired) electrons. The predicted molar refractivity (Wildman–Crippen MR) is 105 cm³/mol. The lowest BCUT2D eigenvalue weighted by Crippen LogP contribution is -2.31. The zero-order valence-corrected chi connectivity index (χ0v) is 15.5. The summed E-state index contributed by atoms with van der Waals surface area (Å²) < 4.78 is 0. The first kappa shape index (κ1) is 17.4. The molecule has 1 fully saturated rings. The molecule has 1 aliphatic rings. The van der Waals surface area contributed by atoms with Crippen molar-refractivity contribution in [2.75, 3.05) is 4.90 Å². The van der Waals surface area contributed by atoms with Crippen molar-refractivity contribution >= 4 is 29.3 Å². The van der Waals surface area contributed by atoms with Crippen molar-refractivity contribution in [2.45, 2.75) is 23.8 Å². The maximum atomic E-state index is 12.8. The van der Waals surface area contributed by atoms with Gasteiger partial charge in [0, 0.05) is 18.3 Å². The highest BCUT2D eigenvalue weighted by molar-refractivity contribution is 8.00. The van der Waals surface area contributed by atoms with E-state index >= 15 is 0 Å². The van der Waals surface area contributed by atoms with Gasteiger partial charge in [-0.15, -0.1) is 0 Å². The summed E-state index contributed by atoms with van der Waals surface area (Å²) in [4.78, 5) is 35.0. The number of imide groups is 1. The molecule has 2 amide bonds. The zero-order valence-electron chi connectivity index (χ0n) is 14.7. The SMILES string of the molecule is Cc1ccnc(S[C@@H]2CC(=O)N(c3ccc(-c4ccccc4)cc3)C2=O)n1. The molecule has 0 bridgehead atoms. The molecule has 0 spiro atoms. The van der Waals surface area contributed by atoms with Crippen molar-refractivity contribution < 1.29 is 9.59 Å². The van der Waals surface area contributed by atoms with E-state index in [1.54, 1.807) is 12.3 Å². The zero-order chi connectivity index (χ0) is 18.8.